The Kier molecular flexibility index (Phi) is 4.47. The number of hydrogen-bond donors (Lipinski definition) is 3. The van der Waals surface area contributed by atoms with Gasteiger partial charge in [0.15, 0.2) is 0 Å². The molecule has 0 aliphatic carbocycles. The Hall–Kier alpha value is -1.41. The highest BCUT2D eigenvalue weighted by molar-refractivity contribution is 7.89. The maximum atomic E-state index is 12.4. The molecule has 0 bridgehead atoms. The number of H-pyrrole nitrogens is 1. The zero-order valence-electron chi connectivity index (χ0n) is 10.8. The highest BCUT2D eigenvalue weighted by atomic mass is 32.2. The number of nitrogens with one attached hydrogen (secondary N) is 2. The molecule has 0 spiro atoms. The van der Waals surface area contributed by atoms with E-state index in [0.29, 0.717) is 5.69 Å². The van der Waals surface area contributed by atoms with Gasteiger partial charge < -0.3 is 5.73 Å². The van der Waals surface area contributed by atoms with Gasteiger partial charge in [0.25, 0.3) is 0 Å². The van der Waals surface area contributed by atoms with Crippen LogP contribution >= 0.6 is 0 Å². The molecule has 1 aromatic heterocycles. The van der Waals surface area contributed by atoms with Crippen molar-refractivity contribution in [1.29, 1.82) is 5.41 Å². The van der Waals surface area contributed by atoms with Gasteiger partial charge >= 0.3 is 0 Å². The number of aryl methyl sites for hydroxylation is 1. The van der Waals surface area contributed by atoms with E-state index in [-0.39, 0.29) is 29.7 Å². The molecule has 7 nitrogen and oxygen atoms in total. The molecule has 8 heteroatoms. The van der Waals surface area contributed by atoms with Crippen molar-refractivity contribution in [2.24, 2.45) is 5.73 Å². The predicted molar refractivity (Wildman–Crippen MR) is 68.9 cm³/mol. The number of rotatable bonds is 6. The fourth-order valence-electron chi connectivity index (χ4n) is 1.61. The highest BCUT2D eigenvalue weighted by Crippen LogP contribution is 2.20. The third-order valence-electron chi connectivity index (χ3n) is 2.55. The van der Waals surface area contributed by atoms with E-state index in [1.54, 1.807) is 20.8 Å². The predicted octanol–water partition coefficient (Wildman–Crippen LogP) is 0.443. The molecule has 0 fully saturated rings. The van der Waals surface area contributed by atoms with E-state index < -0.39 is 10.0 Å². The van der Waals surface area contributed by atoms with Crippen LogP contribution in [-0.4, -0.2) is 41.3 Å². The Balaban J connectivity index is 3.05. The van der Waals surface area contributed by atoms with Crippen molar-refractivity contribution in [2.75, 3.05) is 6.54 Å². The lowest BCUT2D eigenvalue weighted by molar-refractivity contribution is 0.361. The Morgan fingerprint density at radius 3 is 2.61 bits per heavy atom. The Labute approximate surface area is 107 Å². The topological polar surface area (TPSA) is 116 Å². The lowest BCUT2D eigenvalue weighted by Crippen LogP contribution is -2.39. The minimum absolute atomic E-state index is 0.0280. The maximum absolute atomic E-state index is 12.4. The van der Waals surface area contributed by atoms with Gasteiger partial charge in [-0.2, -0.15) is 9.40 Å². The van der Waals surface area contributed by atoms with Crippen LogP contribution in [0.3, 0.4) is 0 Å². The van der Waals surface area contributed by atoms with Crippen molar-refractivity contribution in [2.45, 2.75) is 38.1 Å². The van der Waals surface area contributed by atoms with Gasteiger partial charge in [0.05, 0.1) is 17.7 Å². The molecule has 0 amide bonds. The molecular weight excluding hydrogens is 254 g/mol. The van der Waals surface area contributed by atoms with Crippen LogP contribution in [-0.2, 0) is 10.0 Å². The first-order valence-electron chi connectivity index (χ1n) is 5.61. The van der Waals surface area contributed by atoms with Gasteiger partial charge in [-0.05, 0) is 20.8 Å². The average Bonchev–Trinajstić information content (AvgIpc) is 2.63. The largest absolute Gasteiger partial charge is 0.388 e. The summed E-state index contributed by atoms with van der Waals surface area (Å²) in [6.07, 6.45) is 1.52. The Morgan fingerprint density at radius 1 is 1.61 bits per heavy atom. The number of nitrogens with two attached hydrogens (primary N) is 1. The van der Waals surface area contributed by atoms with Crippen LogP contribution in [0.25, 0.3) is 0 Å². The molecule has 0 saturated heterocycles. The van der Waals surface area contributed by atoms with E-state index >= 15 is 0 Å². The molecule has 1 heterocycles. The second-order valence-corrected chi connectivity index (χ2v) is 6.20. The maximum Gasteiger partial charge on any atom is 0.246 e. The van der Waals surface area contributed by atoms with Crippen LogP contribution in [0.5, 0.6) is 0 Å². The molecule has 1 aromatic rings. The molecule has 0 unspecified atom stereocenters. The first-order chi connectivity index (χ1) is 8.26. The SMILES string of the molecule is Cc1[nH]ncc1S(=O)(=O)N(CCC(=N)N)C(C)C. The van der Waals surface area contributed by atoms with E-state index in [2.05, 4.69) is 10.2 Å². The van der Waals surface area contributed by atoms with Crippen molar-refractivity contribution < 1.29 is 8.42 Å². The van der Waals surface area contributed by atoms with Crippen molar-refractivity contribution in [1.82, 2.24) is 14.5 Å². The molecule has 4 N–H and O–H groups in total. The van der Waals surface area contributed by atoms with Crippen LogP contribution in [0.4, 0.5) is 0 Å². The van der Waals surface area contributed by atoms with Gasteiger partial charge in [-0.1, -0.05) is 0 Å². The lowest BCUT2D eigenvalue weighted by atomic mass is 10.3. The number of hydrogen-bond acceptors (Lipinski definition) is 4. The first-order valence-corrected chi connectivity index (χ1v) is 7.05. The molecule has 0 radical (unpaired) electrons. The smallest absolute Gasteiger partial charge is 0.246 e. The van der Waals surface area contributed by atoms with Crippen LogP contribution in [0.1, 0.15) is 26.0 Å². The van der Waals surface area contributed by atoms with Crippen molar-refractivity contribution in [3.05, 3.63) is 11.9 Å². The van der Waals surface area contributed by atoms with Gasteiger partial charge in [-0.3, -0.25) is 10.5 Å². The van der Waals surface area contributed by atoms with Crippen molar-refractivity contribution in [3.63, 3.8) is 0 Å². The zero-order chi connectivity index (χ0) is 13.9. The second-order valence-electron chi connectivity index (χ2n) is 4.34. The quantitative estimate of drug-likeness (QED) is 0.515. The molecule has 18 heavy (non-hydrogen) atoms. The van der Waals surface area contributed by atoms with Gasteiger partial charge in [-0.25, -0.2) is 8.42 Å². The van der Waals surface area contributed by atoms with Gasteiger partial charge in [0, 0.05) is 19.0 Å². The molecule has 1 rings (SSSR count). The fraction of sp³-hybridized carbons (Fsp3) is 0.600. The van der Waals surface area contributed by atoms with E-state index in [0.717, 1.165) is 0 Å². The van der Waals surface area contributed by atoms with Gasteiger partial charge in [-0.15, -0.1) is 0 Å². The molecule has 0 atom stereocenters. The van der Waals surface area contributed by atoms with E-state index in [4.69, 9.17) is 11.1 Å². The molecule has 0 aliphatic heterocycles. The standard InChI is InChI=1S/C10H19N5O2S/c1-7(2)15(5-4-10(11)12)18(16,17)9-6-13-14-8(9)3/h6-7H,4-5H2,1-3H3,(H3,11,12)(H,13,14). The van der Waals surface area contributed by atoms with Crippen molar-refractivity contribution >= 4 is 15.9 Å². The van der Waals surface area contributed by atoms with E-state index in [1.165, 1.54) is 10.5 Å². The minimum Gasteiger partial charge on any atom is -0.388 e. The van der Waals surface area contributed by atoms with E-state index in [9.17, 15) is 8.42 Å². The summed E-state index contributed by atoms with van der Waals surface area (Å²) in [6.45, 7) is 5.42. The van der Waals surface area contributed by atoms with Crippen molar-refractivity contribution in [3.8, 4) is 0 Å². The summed E-state index contributed by atoms with van der Waals surface area (Å²) in [5.74, 6) is -0.0280. The zero-order valence-corrected chi connectivity index (χ0v) is 11.6. The second kappa shape index (κ2) is 5.49. The third kappa shape index (κ3) is 3.08. The number of aromatic nitrogens is 2. The summed E-state index contributed by atoms with van der Waals surface area (Å²) in [7, 11) is -3.60. The average molecular weight is 273 g/mol. The van der Waals surface area contributed by atoms with Gasteiger partial charge in [0.2, 0.25) is 10.0 Å². The molecule has 102 valence electrons. The molecular formula is C10H19N5O2S. The lowest BCUT2D eigenvalue weighted by Gasteiger charge is -2.25. The number of nitrogens with zero attached hydrogens (tertiary/aromatic N) is 2. The Bertz CT molecular complexity index is 520. The molecule has 0 saturated carbocycles. The number of sulfonamides is 1. The molecule has 0 aromatic carbocycles. The van der Waals surface area contributed by atoms with Crippen LogP contribution in [0, 0.1) is 12.3 Å². The first kappa shape index (κ1) is 14.7. The third-order valence-corrected chi connectivity index (χ3v) is 4.74. The summed E-state index contributed by atoms with van der Waals surface area (Å²) in [5, 5.41) is 13.5. The van der Waals surface area contributed by atoms with Crippen LogP contribution in [0.15, 0.2) is 11.1 Å². The summed E-state index contributed by atoms with van der Waals surface area (Å²) in [5.41, 5.74) is 5.78. The number of aromatic amines is 1. The van der Waals surface area contributed by atoms with E-state index in [1.807, 2.05) is 0 Å². The Morgan fingerprint density at radius 2 is 2.22 bits per heavy atom. The van der Waals surface area contributed by atoms with Crippen LogP contribution < -0.4 is 5.73 Å². The minimum atomic E-state index is -3.60. The van der Waals surface area contributed by atoms with Gasteiger partial charge in [0.1, 0.15) is 4.90 Å². The monoisotopic (exact) mass is 273 g/mol. The molecule has 0 aliphatic rings. The highest BCUT2D eigenvalue weighted by Gasteiger charge is 2.29. The normalized spacial score (nSPS) is 12.3. The summed E-state index contributed by atoms with van der Waals surface area (Å²) >= 11 is 0. The fourth-order valence-corrected chi connectivity index (χ4v) is 3.37. The number of amidine groups is 1. The van der Waals surface area contributed by atoms with Crippen LogP contribution in [0.2, 0.25) is 0 Å². The summed E-state index contributed by atoms with van der Waals surface area (Å²) < 4.78 is 26.2. The summed E-state index contributed by atoms with van der Waals surface area (Å²) in [6, 6.07) is -0.205. The summed E-state index contributed by atoms with van der Waals surface area (Å²) in [4.78, 5) is 0.166.